The molecule has 0 aliphatic heterocycles. The third kappa shape index (κ3) is 2.48. The molecule has 0 radical (unpaired) electrons. The Hall–Kier alpha value is -0.610. The summed E-state index contributed by atoms with van der Waals surface area (Å²) in [4.78, 5) is 10.7. The van der Waals surface area contributed by atoms with Crippen molar-refractivity contribution in [3.63, 3.8) is 0 Å². The van der Waals surface area contributed by atoms with Crippen LogP contribution in [0.15, 0.2) is 0 Å². The number of ether oxygens (including phenoxy) is 1. The van der Waals surface area contributed by atoms with Crippen molar-refractivity contribution in [2.75, 3.05) is 13.7 Å². The number of nitrogens with two attached hydrogens (primary N) is 1. The molecule has 3 N–H and O–H groups in total. The first-order valence-electron chi connectivity index (χ1n) is 3.38. The number of amides is 1. The number of methoxy groups -OCH3 is 1. The maximum Gasteiger partial charge on any atom is 0.247 e. The monoisotopic (exact) mass is 161 g/mol. The van der Waals surface area contributed by atoms with Crippen LogP contribution in [0, 0.1) is 5.41 Å². The summed E-state index contributed by atoms with van der Waals surface area (Å²) in [7, 11) is 1.40. The van der Waals surface area contributed by atoms with E-state index in [2.05, 4.69) is 0 Å². The lowest BCUT2D eigenvalue weighted by Crippen LogP contribution is -2.44. The molecule has 0 heterocycles. The van der Waals surface area contributed by atoms with Crippen LogP contribution in [0.25, 0.3) is 0 Å². The number of aliphatic hydroxyl groups is 1. The molecule has 0 aliphatic rings. The average molecular weight is 161 g/mol. The molecule has 0 spiro atoms. The molecule has 4 heteroatoms. The summed E-state index contributed by atoms with van der Waals surface area (Å²) >= 11 is 0. The zero-order chi connectivity index (χ0) is 9.07. The fraction of sp³-hybridized carbons (Fsp3) is 0.857. The predicted octanol–water partition coefficient (Wildman–Crippen LogP) is -0.495. The Morgan fingerprint density at radius 2 is 2.18 bits per heavy atom. The quantitative estimate of drug-likeness (QED) is 0.584. The maximum atomic E-state index is 10.7. The Morgan fingerprint density at radius 3 is 2.27 bits per heavy atom. The van der Waals surface area contributed by atoms with Gasteiger partial charge in [0.05, 0.1) is 6.61 Å². The van der Waals surface area contributed by atoms with Crippen molar-refractivity contribution in [2.45, 2.75) is 20.0 Å². The highest BCUT2D eigenvalue weighted by Crippen LogP contribution is 2.21. The van der Waals surface area contributed by atoms with Crippen LogP contribution in [0.4, 0.5) is 0 Å². The number of carbonyl (C=O) groups is 1. The molecule has 0 saturated carbocycles. The fourth-order valence-electron chi connectivity index (χ4n) is 0.903. The first kappa shape index (κ1) is 10.4. The van der Waals surface area contributed by atoms with Crippen LogP contribution in [0.5, 0.6) is 0 Å². The molecule has 0 rings (SSSR count). The number of carbonyl (C=O) groups excluding carboxylic acids is 1. The van der Waals surface area contributed by atoms with Crippen LogP contribution < -0.4 is 5.73 Å². The highest BCUT2D eigenvalue weighted by atomic mass is 16.5. The minimum Gasteiger partial charge on any atom is -0.396 e. The van der Waals surface area contributed by atoms with Gasteiger partial charge in [0.15, 0.2) is 0 Å². The number of aliphatic hydroxyl groups excluding tert-OH is 1. The first-order chi connectivity index (χ1) is 4.95. The zero-order valence-corrected chi connectivity index (χ0v) is 7.13. The number of hydrogen-bond donors (Lipinski definition) is 2. The molecule has 0 bridgehead atoms. The molecule has 1 atom stereocenters. The second kappa shape index (κ2) is 3.69. The molecule has 1 amide bonds. The van der Waals surface area contributed by atoms with Crippen molar-refractivity contribution in [2.24, 2.45) is 11.1 Å². The van der Waals surface area contributed by atoms with Gasteiger partial charge in [-0.15, -0.1) is 0 Å². The Kier molecular flexibility index (Phi) is 3.48. The normalized spacial score (nSPS) is 14.5. The van der Waals surface area contributed by atoms with Gasteiger partial charge in [0.25, 0.3) is 0 Å². The van der Waals surface area contributed by atoms with E-state index in [9.17, 15) is 4.79 Å². The molecule has 0 aromatic rings. The highest BCUT2D eigenvalue weighted by Gasteiger charge is 2.33. The van der Waals surface area contributed by atoms with Crippen LogP contribution in [0.2, 0.25) is 0 Å². The van der Waals surface area contributed by atoms with E-state index in [1.165, 1.54) is 7.11 Å². The van der Waals surface area contributed by atoms with Gasteiger partial charge in [0, 0.05) is 12.5 Å². The SMILES string of the molecule is COC(C(N)=O)C(C)(C)CO. The largest absolute Gasteiger partial charge is 0.396 e. The van der Waals surface area contributed by atoms with Gasteiger partial charge in [-0.3, -0.25) is 4.79 Å². The molecular weight excluding hydrogens is 146 g/mol. The van der Waals surface area contributed by atoms with E-state index in [-0.39, 0.29) is 6.61 Å². The Morgan fingerprint density at radius 1 is 1.73 bits per heavy atom. The van der Waals surface area contributed by atoms with E-state index in [4.69, 9.17) is 15.6 Å². The minimum atomic E-state index is -0.729. The number of rotatable bonds is 4. The molecule has 0 saturated heterocycles. The third-order valence-electron chi connectivity index (χ3n) is 1.61. The van der Waals surface area contributed by atoms with E-state index in [1.54, 1.807) is 13.8 Å². The second-order valence-electron chi connectivity index (χ2n) is 3.16. The fourth-order valence-corrected chi connectivity index (χ4v) is 0.903. The summed E-state index contributed by atoms with van der Waals surface area (Å²) in [6.45, 7) is 3.30. The number of hydrogen-bond acceptors (Lipinski definition) is 3. The van der Waals surface area contributed by atoms with Gasteiger partial charge in [-0.2, -0.15) is 0 Å². The van der Waals surface area contributed by atoms with Crippen LogP contribution in [-0.2, 0) is 9.53 Å². The van der Waals surface area contributed by atoms with Gasteiger partial charge in [0.2, 0.25) is 5.91 Å². The summed E-state index contributed by atoms with van der Waals surface area (Å²) in [6, 6.07) is 0. The van der Waals surface area contributed by atoms with Crippen molar-refractivity contribution in [3.8, 4) is 0 Å². The van der Waals surface area contributed by atoms with Crippen LogP contribution >= 0.6 is 0 Å². The van der Waals surface area contributed by atoms with Crippen LogP contribution in [0.3, 0.4) is 0 Å². The molecule has 11 heavy (non-hydrogen) atoms. The Balaban J connectivity index is 4.36. The van der Waals surface area contributed by atoms with Crippen molar-refractivity contribution in [3.05, 3.63) is 0 Å². The second-order valence-corrected chi connectivity index (χ2v) is 3.16. The molecule has 0 aromatic carbocycles. The molecule has 0 aliphatic carbocycles. The highest BCUT2D eigenvalue weighted by molar-refractivity contribution is 5.79. The lowest BCUT2D eigenvalue weighted by Gasteiger charge is -2.28. The van der Waals surface area contributed by atoms with E-state index >= 15 is 0 Å². The average Bonchev–Trinajstić information content (AvgIpc) is 1.88. The smallest absolute Gasteiger partial charge is 0.247 e. The van der Waals surface area contributed by atoms with Crippen molar-refractivity contribution < 1.29 is 14.6 Å². The van der Waals surface area contributed by atoms with Gasteiger partial charge in [0.1, 0.15) is 6.10 Å². The molecule has 4 nitrogen and oxygen atoms in total. The maximum absolute atomic E-state index is 10.7. The lowest BCUT2D eigenvalue weighted by molar-refractivity contribution is -0.136. The van der Waals surface area contributed by atoms with Gasteiger partial charge in [-0.1, -0.05) is 13.8 Å². The van der Waals surface area contributed by atoms with Crippen molar-refractivity contribution in [1.29, 1.82) is 0 Å². The van der Waals surface area contributed by atoms with Crippen LogP contribution in [-0.4, -0.2) is 30.8 Å². The summed E-state index contributed by atoms with van der Waals surface area (Å²) in [5, 5.41) is 8.86. The predicted molar refractivity (Wildman–Crippen MR) is 40.9 cm³/mol. The zero-order valence-electron chi connectivity index (χ0n) is 7.13. The standard InChI is InChI=1S/C7H15NO3/c1-7(2,4-9)5(11-3)6(8)10/h5,9H,4H2,1-3H3,(H2,8,10). The van der Waals surface area contributed by atoms with Crippen molar-refractivity contribution in [1.82, 2.24) is 0 Å². The molecule has 0 aromatic heterocycles. The van der Waals surface area contributed by atoms with Gasteiger partial charge < -0.3 is 15.6 Å². The summed E-state index contributed by atoms with van der Waals surface area (Å²) < 4.78 is 4.83. The summed E-state index contributed by atoms with van der Waals surface area (Å²) in [6.07, 6.45) is -0.729. The van der Waals surface area contributed by atoms with E-state index in [0.29, 0.717) is 0 Å². The Bertz CT molecular complexity index is 145. The minimum absolute atomic E-state index is 0.131. The summed E-state index contributed by atoms with van der Waals surface area (Å²) in [5.74, 6) is -0.549. The summed E-state index contributed by atoms with van der Waals surface area (Å²) in [5.41, 5.74) is 4.42. The topological polar surface area (TPSA) is 72.5 Å². The van der Waals surface area contributed by atoms with E-state index in [1.807, 2.05) is 0 Å². The van der Waals surface area contributed by atoms with E-state index in [0.717, 1.165) is 0 Å². The van der Waals surface area contributed by atoms with Gasteiger partial charge >= 0.3 is 0 Å². The van der Waals surface area contributed by atoms with Gasteiger partial charge in [-0.25, -0.2) is 0 Å². The molecular formula is C7H15NO3. The molecule has 66 valence electrons. The molecule has 0 fully saturated rings. The van der Waals surface area contributed by atoms with Gasteiger partial charge in [-0.05, 0) is 0 Å². The van der Waals surface area contributed by atoms with Crippen molar-refractivity contribution >= 4 is 5.91 Å². The first-order valence-corrected chi connectivity index (χ1v) is 3.38. The Labute approximate surface area is 66.3 Å². The lowest BCUT2D eigenvalue weighted by atomic mass is 9.87. The van der Waals surface area contributed by atoms with Crippen LogP contribution in [0.1, 0.15) is 13.8 Å². The third-order valence-corrected chi connectivity index (χ3v) is 1.61. The van der Waals surface area contributed by atoms with E-state index < -0.39 is 17.4 Å². The number of primary amides is 1. The molecule has 1 unspecified atom stereocenters.